The lowest BCUT2D eigenvalue weighted by Crippen LogP contribution is -2.25. The number of halogens is 1. The Morgan fingerprint density at radius 1 is 1.20 bits per heavy atom. The smallest absolute Gasteiger partial charge is 0.0762 e. The molecule has 1 N–H and O–H groups in total. The molecule has 1 aliphatic rings. The van der Waals surface area contributed by atoms with Crippen molar-refractivity contribution in [2.24, 2.45) is 11.8 Å². The molecule has 2 nitrogen and oxygen atoms in total. The van der Waals surface area contributed by atoms with Crippen molar-refractivity contribution in [2.75, 3.05) is 18.0 Å². The number of benzene rings is 1. The average molecular weight is 340 g/mol. The lowest BCUT2D eigenvalue weighted by molar-refractivity contribution is 0.199. The average Bonchev–Trinajstić information content (AvgIpc) is 2.64. The summed E-state index contributed by atoms with van der Waals surface area (Å²) in [4.78, 5) is 2.48. The van der Waals surface area contributed by atoms with Gasteiger partial charge in [-0.05, 0) is 71.6 Å². The summed E-state index contributed by atoms with van der Waals surface area (Å²) in [6, 6.07) is 6.22. The number of nitrogens with zero attached hydrogens (tertiary/aromatic N) is 1. The molecular formula is C17H26BrNO. The summed E-state index contributed by atoms with van der Waals surface area (Å²) < 4.78 is 1.10. The predicted molar refractivity (Wildman–Crippen MR) is 89.2 cm³/mol. The molecule has 1 aromatic rings. The molecule has 0 aliphatic carbocycles. The summed E-state index contributed by atoms with van der Waals surface area (Å²) in [7, 11) is 0. The van der Waals surface area contributed by atoms with Gasteiger partial charge in [-0.1, -0.05) is 19.9 Å². The van der Waals surface area contributed by atoms with E-state index in [1.165, 1.54) is 24.9 Å². The van der Waals surface area contributed by atoms with E-state index in [2.05, 4.69) is 40.7 Å². The van der Waals surface area contributed by atoms with Gasteiger partial charge in [-0.2, -0.15) is 0 Å². The molecule has 1 fully saturated rings. The van der Waals surface area contributed by atoms with Crippen LogP contribution in [0.25, 0.3) is 0 Å². The molecule has 0 spiro atoms. The molecule has 3 heteroatoms. The zero-order chi connectivity index (χ0) is 14.7. The quantitative estimate of drug-likeness (QED) is 0.857. The van der Waals surface area contributed by atoms with Crippen LogP contribution in [0.3, 0.4) is 0 Å². The third kappa shape index (κ3) is 3.76. The highest BCUT2D eigenvalue weighted by atomic mass is 79.9. The molecule has 2 unspecified atom stereocenters. The molecule has 2 atom stereocenters. The van der Waals surface area contributed by atoms with Crippen LogP contribution < -0.4 is 4.90 Å². The summed E-state index contributed by atoms with van der Waals surface area (Å²) in [5, 5.41) is 9.66. The summed E-state index contributed by atoms with van der Waals surface area (Å²) >= 11 is 3.67. The van der Waals surface area contributed by atoms with Crippen LogP contribution in [0.2, 0.25) is 0 Å². The molecule has 0 amide bonds. The Kier molecular flexibility index (Phi) is 5.50. The summed E-state index contributed by atoms with van der Waals surface area (Å²) in [5.41, 5.74) is 2.23. The van der Waals surface area contributed by atoms with Gasteiger partial charge in [-0.3, -0.25) is 0 Å². The summed E-state index contributed by atoms with van der Waals surface area (Å²) in [5.74, 6) is 1.64. The predicted octanol–water partition coefficient (Wildman–Crippen LogP) is 4.76. The van der Waals surface area contributed by atoms with Gasteiger partial charge in [-0.15, -0.1) is 0 Å². The Morgan fingerprint density at radius 3 is 2.55 bits per heavy atom. The van der Waals surface area contributed by atoms with Crippen molar-refractivity contribution in [2.45, 2.75) is 46.1 Å². The van der Waals surface area contributed by atoms with E-state index in [-0.39, 0.29) is 0 Å². The summed E-state index contributed by atoms with van der Waals surface area (Å²) in [6.45, 7) is 8.76. The first kappa shape index (κ1) is 15.8. The first-order chi connectivity index (χ1) is 9.49. The maximum atomic E-state index is 9.66. The lowest BCUT2D eigenvalue weighted by Gasteiger charge is -2.25. The Hall–Kier alpha value is -0.540. The third-order valence-corrected chi connectivity index (χ3v) is 5.15. The molecule has 2 rings (SSSR count). The van der Waals surface area contributed by atoms with E-state index in [0.717, 1.165) is 35.0 Å². The number of hydrogen-bond acceptors (Lipinski definition) is 2. The SMILES string of the molecule is CC(O)c1ccc(N2CCCC(C(C)C)CC2)c(Br)c1. The van der Waals surface area contributed by atoms with E-state index in [0.29, 0.717) is 0 Å². The van der Waals surface area contributed by atoms with Gasteiger partial charge >= 0.3 is 0 Å². The molecule has 0 bridgehead atoms. The maximum absolute atomic E-state index is 9.66. The topological polar surface area (TPSA) is 23.5 Å². The van der Waals surface area contributed by atoms with Crippen LogP contribution in [0.15, 0.2) is 22.7 Å². The highest BCUT2D eigenvalue weighted by Crippen LogP contribution is 2.33. The second kappa shape index (κ2) is 6.95. The Balaban J connectivity index is 2.12. The van der Waals surface area contributed by atoms with E-state index in [4.69, 9.17) is 0 Å². The number of hydrogen-bond donors (Lipinski definition) is 1. The van der Waals surface area contributed by atoms with Crippen LogP contribution in [0.5, 0.6) is 0 Å². The van der Waals surface area contributed by atoms with Crippen LogP contribution in [-0.4, -0.2) is 18.2 Å². The van der Waals surface area contributed by atoms with Gasteiger partial charge in [0.2, 0.25) is 0 Å². The fourth-order valence-electron chi connectivity index (χ4n) is 3.07. The van der Waals surface area contributed by atoms with Gasteiger partial charge < -0.3 is 10.0 Å². The zero-order valence-corrected chi connectivity index (χ0v) is 14.4. The van der Waals surface area contributed by atoms with Crippen molar-refractivity contribution in [3.63, 3.8) is 0 Å². The van der Waals surface area contributed by atoms with Crippen molar-refractivity contribution >= 4 is 21.6 Å². The Labute approximate surface area is 131 Å². The molecule has 112 valence electrons. The van der Waals surface area contributed by atoms with Crippen LogP contribution >= 0.6 is 15.9 Å². The van der Waals surface area contributed by atoms with Gasteiger partial charge in [0.05, 0.1) is 11.8 Å². The van der Waals surface area contributed by atoms with Gasteiger partial charge in [0.1, 0.15) is 0 Å². The van der Waals surface area contributed by atoms with Crippen LogP contribution in [0.1, 0.15) is 51.7 Å². The Morgan fingerprint density at radius 2 is 1.95 bits per heavy atom. The molecule has 1 saturated heterocycles. The molecule has 0 aromatic heterocycles. The molecule has 1 aromatic carbocycles. The van der Waals surface area contributed by atoms with E-state index in [1.54, 1.807) is 6.92 Å². The molecule has 1 aliphatic heterocycles. The fraction of sp³-hybridized carbons (Fsp3) is 0.647. The Bertz CT molecular complexity index is 445. The standard InChI is InChI=1S/C17H26BrNO/c1-12(2)14-5-4-9-19(10-8-14)17-7-6-15(13(3)20)11-16(17)18/h6-7,11-14,20H,4-5,8-10H2,1-3H3. The first-order valence-corrected chi connectivity index (χ1v) is 8.50. The molecule has 0 radical (unpaired) electrons. The minimum Gasteiger partial charge on any atom is -0.389 e. The minimum atomic E-state index is -0.408. The van der Waals surface area contributed by atoms with E-state index < -0.39 is 6.10 Å². The van der Waals surface area contributed by atoms with Crippen molar-refractivity contribution in [3.05, 3.63) is 28.2 Å². The lowest BCUT2D eigenvalue weighted by atomic mass is 9.89. The van der Waals surface area contributed by atoms with Crippen molar-refractivity contribution < 1.29 is 5.11 Å². The number of aliphatic hydroxyl groups excluding tert-OH is 1. The third-order valence-electron chi connectivity index (χ3n) is 4.51. The monoisotopic (exact) mass is 339 g/mol. The minimum absolute atomic E-state index is 0.408. The van der Waals surface area contributed by atoms with Crippen molar-refractivity contribution in [1.82, 2.24) is 0 Å². The largest absolute Gasteiger partial charge is 0.389 e. The number of rotatable bonds is 3. The van der Waals surface area contributed by atoms with Gasteiger partial charge in [0, 0.05) is 17.6 Å². The van der Waals surface area contributed by atoms with Crippen molar-refractivity contribution in [3.8, 4) is 0 Å². The molecule has 20 heavy (non-hydrogen) atoms. The van der Waals surface area contributed by atoms with E-state index >= 15 is 0 Å². The normalized spacial score (nSPS) is 21.9. The summed E-state index contributed by atoms with van der Waals surface area (Å²) in [6.07, 6.45) is 3.49. The highest BCUT2D eigenvalue weighted by Gasteiger charge is 2.20. The number of anilines is 1. The molecule has 0 saturated carbocycles. The fourth-order valence-corrected chi connectivity index (χ4v) is 3.72. The van der Waals surface area contributed by atoms with Crippen LogP contribution in [-0.2, 0) is 0 Å². The van der Waals surface area contributed by atoms with Gasteiger partial charge in [0.25, 0.3) is 0 Å². The van der Waals surface area contributed by atoms with E-state index in [9.17, 15) is 5.11 Å². The van der Waals surface area contributed by atoms with Gasteiger partial charge in [-0.25, -0.2) is 0 Å². The second-order valence-corrected chi connectivity index (χ2v) is 7.16. The maximum Gasteiger partial charge on any atom is 0.0762 e. The van der Waals surface area contributed by atoms with Crippen molar-refractivity contribution in [1.29, 1.82) is 0 Å². The molecular weight excluding hydrogens is 314 g/mol. The second-order valence-electron chi connectivity index (χ2n) is 6.31. The molecule has 1 heterocycles. The van der Waals surface area contributed by atoms with E-state index in [1.807, 2.05) is 12.1 Å². The highest BCUT2D eigenvalue weighted by molar-refractivity contribution is 9.10. The zero-order valence-electron chi connectivity index (χ0n) is 12.8. The van der Waals surface area contributed by atoms with Crippen LogP contribution in [0, 0.1) is 11.8 Å². The van der Waals surface area contributed by atoms with Gasteiger partial charge in [0.15, 0.2) is 0 Å². The first-order valence-electron chi connectivity index (χ1n) is 7.71. The number of aliphatic hydroxyl groups is 1. The van der Waals surface area contributed by atoms with Crippen LogP contribution in [0.4, 0.5) is 5.69 Å².